The van der Waals surface area contributed by atoms with Crippen molar-refractivity contribution >= 4 is 0 Å². The van der Waals surface area contributed by atoms with Crippen LogP contribution in [0.4, 0.5) is 0 Å². The molecule has 2 heteroatoms. The van der Waals surface area contributed by atoms with Gasteiger partial charge in [0.15, 0.2) is 11.5 Å². The molecule has 0 atom stereocenters. The molecule has 1 aromatic rings. The van der Waals surface area contributed by atoms with Gasteiger partial charge in [0.2, 0.25) is 0 Å². The highest BCUT2D eigenvalue weighted by molar-refractivity contribution is 5.46. The van der Waals surface area contributed by atoms with Crippen LogP contribution in [0.2, 0.25) is 0 Å². The summed E-state index contributed by atoms with van der Waals surface area (Å²) in [7, 11) is 0. The molecule has 0 saturated carbocycles. The highest BCUT2D eigenvalue weighted by Gasteiger charge is 2.35. The van der Waals surface area contributed by atoms with Crippen LogP contribution >= 0.6 is 0 Å². The molecule has 17 heavy (non-hydrogen) atoms. The smallest absolute Gasteiger partial charge is 0.161 e. The maximum atomic E-state index is 5.65. The first-order valence-corrected chi connectivity index (χ1v) is 6.22. The third-order valence-electron chi connectivity index (χ3n) is 4.14. The molecule has 0 spiro atoms. The third-order valence-corrected chi connectivity index (χ3v) is 4.14. The first-order valence-electron chi connectivity index (χ1n) is 6.22. The molecule has 1 aliphatic rings. The van der Waals surface area contributed by atoms with Crippen LogP contribution in [0.1, 0.15) is 40.2 Å². The van der Waals surface area contributed by atoms with Crippen LogP contribution < -0.4 is 9.47 Å². The van der Waals surface area contributed by atoms with Gasteiger partial charge in [-0.2, -0.15) is 0 Å². The number of hydrogen-bond donors (Lipinski definition) is 0. The van der Waals surface area contributed by atoms with E-state index in [0.29, 0.717) is 13.2 Å². The zero-order chi connectivity index (χ0) is 12.7. The number of hydrogen-bond acceptors (Lipinski definition) is 2. The number of fused-ring (bicyclic) bond motifs is 1. The van der Waals surface area contributed by atoms with E-state index in [9.17, 15) is 0 Å². The molecular weight excluding hydrogens is 212 g/mol. The Morgan fingerprint density at radius 1 is 0.882 bits per heavy atom. The molecule has 0 unspecified atom stereocenters. The summed E-state index contributed by atoms with van der Waals surface area (Å²) in [6, 6.07) is 6.30. The molecule has 0 aliphatic carbocycles. The zero-order valence-corrected chi connectivity index (χ0v) is 11.5. The van der Waals surface area contributed by atoms with E-state index in [1.54, 1.807) is 0 Å². The van der Waals surface area contributed by atoms with E-state index in [4.69, 9.17) is 9.47 Å². The van der Waals surface area contributed by atoms with Gasteiger partial charge in [-0.1, -0.05) is 40.7 Å². The second kappa shape index (κ2) is 3.94. The Morgan fingerprint density at radius 2 is 1.47 bits per heavy atom. The van der Waals surface area contributed by atoms with E-state index in [0.717, 1.165) is 11.5 Å². The van der Waals surface area contributed by atoms with Gasteiger partial charge in [-0.25, -0.2) is 0 Å². The van der Waals surface area contributed by atoms with Crippen molar-refractivity contribution in [2.75, 3.05) is 13.2 Å². The second-order valence-corrected chi connectivity index (χ2v) is 6.23. The van der Waals surface area contributed by atoms with Crippen molar-refractivity contribution in [1.29, 1.82) is 0 Å². The average Bonchev–Trinajstić information content (AvgIpc) is 2.27. The standard InChI is InChI=1S/C15H22O2/c1-14(2,3)15(4,5)11-6-7-12-13(10-11)17-9-8-16-12/h6-7,10H,8-9H2,1-5H3. The van der Waals surface area contributed by atoms with Crippen molar-refractivity contribution in [3.8, 4) is 11.5 Å². The Kier molecular flexibility index (Phi) is 2.84. The number of rotatable bonds is 1. The normalized spacial score (nSPS) is 15.8. The van der Waals surface area contributed by atoms with Crippen molar-refractivity contribution in [3.05, 3.63) is 23.8 Å². The van der Waals surface area contributed by atoms with Crippen LogP contribution in [0.15, 0.2) is 18.2 Å². The van der Waals surface area contributed by atoms with Crippen LogP contribution in [0.5, 0.6) is 11.5 Å². The third kappa shape index (κ3) is 2.13. The largest absolute Gasteiger partial charge is 0.486 e. The molecule has 1 heterocycles. The van der Waals surface area contributed by atoms with Gasteiger partial charge in [0, 0.05) is 0 Å². The lowest BCUT2D eigenvalue weighted by atomic mass is 9.65. The van der Waals surface area contributed by atoms with Gasteiger partial charge < -0.3 is 9.47 Å². The predicted molar refractivity (Wildman–Crippen MR) is 69.9 cm³/mol. The van der Waals surface area contributed by atoms with Crippen LogP contribution in [0, 0.1) is 5.41 Å². The van der Waals surface area contributed by atoms with Gasteiger partial charge in [0.25, 0.3) is 0 Å². The van der Waals surface area contributed by atoms with Crippen LogP contribution in [-0.4, -0.2) is 13.2 Å². The average molecular weight is 234 g/mol. The van der Waals surface area contributed by atoms with Crippen LogP contribution in [0.25, 0.3) is 0 Å². The Bertz CT molecular complexity index is 413. The quantitative estimate of drug-likeness (QED) is 0.736. The first-order chi connectivity index (χ1) is 7.82. The maximum absolute atomic E-state index is 5.65. The Hall–Kier alpha value is -1.18. The molecule has 1 aromatic carbocycles. The van der Waals surface area contributed by atoms with E-state index in [1.165, 1.54) is 5.56 Å². The molecule has 0 saturated heterocycles. The van der Waals surface area contributed by atoms with Gasteiger partial charge in [0.1, 0.15) is 13.2 Å². The first kappa shape index (κ1) is 12.3. The fourth-order valence-electron chi connectivity index (χ4n) is 1.87. The zero-order valence-electron chi connectivity index (χ0n) is 11.5. The fraction of sp³-hybridized carbons (Fsp3) is 0.600. The molecule has 94 valence electrons. The molecule has 1 aliphatic heterocycles. The monoisotopic (exact) mass is 234 g/mol. The lowest BCUT2D eigenvalue weighted by molar-refractivity contribution is 0.169. The van der Waals surface area contributed by atoms with Gasteiger partial charge in [0.05, 0.1) is 0 Å². The number of ether oxygens (including phenoxy) is 2. The van der Waals surface area contributed by atoms with E-state index < -0.39 is 0 Å². The van der Waals surface area contributed by atoms with E-state index in [2.05, 4.69) is 46.8 Å². The van der Waals surface area contributed by atoms with Crippen molar-refractivity contribution in [2.24, 2.45) is 5.41 Å². The summed E-state index contributed by atoms with van der Waals surface area (Å²) in [5, 5.41) is 0. The summed E-state index contributed by atoms with van der Waals surface area (Å²) in [4.78, 5) is 0. The molecule has 2 rings (SSSR count). The molecule has 0 aromatic heterocycles. The molecule has 0 bridgehead atoms. The van der Waals surface area contributed by atoms with Crippen LogP contribution in [0.3, 0.4) is 0 Å². The summed E-state index contributed by atoms with van der Waals surface area (Å²) >= 11 is 0. The highest BCUT2D eigenvalue weighted by atomic mass is 16.6. The van der Waals surface area contributed by atoms with Gasteiger partial charge in [-0.3, -0.25) is 0 Å². The summed E-state index contributed by atoms with van der Waals surface area (Å²) in [5.74, 6) is 1.75. The molecule has 0 N–H and O–H groups in total. The maximum Gasteiger partial charge on any atom is 0.161 e. The van der Waals surface area contributed by atoms with E-state index in [1.807, 2.05) is 6.07 Å². The molecule has 2 nitrogen and oxygen atoms in total. The fourth-order valence-corrected chi connectivity index (χ4v) is 1.87. The van der Waals surface area contributed by atoms with Gasteiger partial charge in [-0.15, -0.1) is 0 Å². The lowest BCUT2D eigenvalue weighted by Crippen LogP contribution is -2.34. The van der Waals surface area contributed by atoms with Crippen molar-refractivity contribution < 1.29 is 9.47 Å². The summed E-state index contributed by atoms with van der Waals surface area (Å²) < 4.78 is 11.2. The van der Waals surface area contributed by atoms with Crippen molar-refractivity contribution in [1.82, 2.24) is 0 Å². The SMILES string of the molecule is CC(C)(C)C(C)(C)c1ccc2c(c1)OCCO2. The predicted octanol–water partition coefficient (Wildman–Crippen LogP) is 3.78. The van der Waals surface area contributed by atoms with Crippen LogP contribution in [-0.2, 0) is 5.41 Å². The molecule has 0 amide bonds. The van der Waals surface area contributed by atoms with Gasteiger partial charge >= 0.3 is 0 Å². The summed E-state index contributed by atoms with van der Waals surface area (Å²) in [5.41, 5.74) is 1.61. The minimum Gasteiger partial charge on any atom is -0.486 e. The van der Waals surface area contributed by atoms with E-state index in [-0.39, 0.29) is 10.8 Å². The van der Waals surface area contributed by atoms with E-state index >= 15 is 0 Å². The van der Waals surface area contributed by atoms with Crippen molar-refractivity contribution in [2.45, 2.75) is 40.0 Å². The minimum atomic E-state index is 0.100. The highest BCUT2D eigenvalue weighted by Crippen LogP contribution is 2.43. The minimum absolute atomic E-state index is 0.100. The summed E-state index contributed by atoms with van der Waals surface area (Å²) in [6.45, 7) is 12.6. The van der Waals surface area contributed by atoms with Gasteiger partial charge in [-0.05, 0) is 28.5 Å². The molecule has 0 fully saturated rings. The Labute approximate surface area is 104 Å². The number of benzene rings is 1. The summed E-state index contributed by atoms with van der Waals surface area (Å²) in [6.07, 6.45) is 0. The lowest BCUT2D eigenvalue weighted by Gasteiger charge is -2.39. The topological polar surface area (TPSA) is 18.5 Å². The second-order valence-electron chi connectivity index (χ2n) is 6.23. The Balaban J connectivity index is 2.40. The molecule has 0 radical (unpaired) electrons. The molecular formula is C15H22O2. The van der Waals surface area contributed by atoms with Crippen molar-refractivity contribution in [3.63, 3.8) is 0 Å². The Morgan fingerprint density at radius 3 is 2.06 bits per heavy atom.